The number of likely N-dealkylation sites (tertiary alicyclic amines) is 1. The molecule has 5 heteroatoms. The van der Waals surface area contributed by atoms with E-state index in [-0.39, 0.29) is 10.9 Å². The number of piperidine rings is 1. The fraction of sp³-hybridized carbons (Fsp3) is 0.348. The largest absolute Gasteiger partial charge is 0.382 e. The number of halogens is 1. The summed E-state index contributed by atoms with van der Waals surface area (Å²) in [6, 6.07) is 17.6. The number of benzene rings is 2. The van der Waals surface area contributed by atoms with Crippen molar-refractivity contribution in [3.63, 3.8) is 0 Å². The van der Waals surface area contributed by atoms with E-state index in [4.69, 9.17) is 0 Å². The highest BCUT2D eigenvalue weighted by Crippen LogP contribution is 2.18. The average Bonchev–Trinajstić information content (AvgIpc) is 2.70. The molecule has 4 rings (SSSR count). The maximum absolute atomic E-state index is 13.8. The number of para-hydroxylation sites is 1. The summed E-state index contributed by atoms with van der Waals surface area (Å²) in [6.45, 7) is 3.19. The van der Waals surface area contributed by atoms with Crippen LogP contribution in [-0.4, -0.2) is 35.6 Å². The third-order valence-electron chi connectivity index (χ3n) is 5.53. The van der Waals surface area contributed by atoms with E-state index in [1.807, 2.05) is 12.1 Å². The standard InChI is InChI=1S/C23H26FN3O/c24-21-10-4-6-17-16-20(26-23(28)22(17)21)9-5-13-27-14-11-19(12-15-27)25-18-7-2-1-3-8-18/h1-4,6-8,10,16,19,25H,5,9,11-15H2,(H,26,28). The number of hydrogen-bond donors (Lipinski definition) is 2. The maximum atomic E-state index is 13.8. The van der Waals surface area contributed by atoms with Gasteiger partial charge in [0.25, 0.3) is 5.56 Å². The van der Waals surface area contributed by atoms with Gasteiger partial charge in [-0.2, -0.15) is 0 Å². The van der Waals surface area contributed by atoms with Gasteiger partial charge in [0.1, 0.15) is 5.82 Å². The van der Waals surface area contributed by atoms with Gasteiger partial charge in [-0.05, 0) is 61.9 Å². The highest BCUT2D eigenvalue weighted by atomic mass is 19.1. The first kappa shape index (κ1) is 18.7. The second kappa shape index (κ2) is 8.57. The Morgan fingerprint density at radius 3 is 2.64 bits per heavy atom. The number of rotatable bonds is 6. The van der Waals surface area contributed by atoms with Crippen molar-refractivity contribution in [2.24, 2.45) is 0 Å². The van der Waals surface area contributed by atoms with Crippen LogP contribution in [0.15, 0.2) is 59.4 Å². The lowest BCUT2D eigenvalue weighted by Crippen LogP contribution is -2.39. The zero-order chi connectivity index (χ0) is 19.3. The molecule has 0 bridgehead atoms. The average molecular weight is 379 g/mol. The third kappa shape index (κ3) is 4.42. The van der Waals surface area contributed by atoms with Crippen LogP contribution in [0.5, 0.6) is 0 Å². The normalized spacial score (nSPS) is 15.8. The third-order valence-corrected chi connectivity index (χ3v) is 5.53. The Morgan fingerprint density at radius 1 is 1.07 bits per heavy atom. The quantitative estimate of drug-likeness (QED) is 0.676. The Hall–Kier alpha value is -2.66. The van der Waals surface area contributed by atoms with Crippen molar-refractivity contribution in [3.8, 4) is 0 Å². The number of aromatic amines is 1. The number of nitrogens with one attached hydrogen (secondary N) is 2. The van der Waals surface area contributed by atoms with Crippen molar-refractivity contribution >= 4 is 16.5 Å². The topological polar surface area (TPSA) is 48.1 Å². The second-order valence-corrected chi connectivity index (χ2v) is 7.56. The zero-order valence-corrected chi connectivity index (χ0v) is 16.0. The summed E-state index contributed by atoms with van der Waals surface area (Å²) >= 11 is 0. The van der Waals surface area contributed by atoms with Gasteiger partial charge in [-0.25, -0.2) is 4.39 Å². The molecule has 2 aromatic carbocycles. The highest BCUT2D eigenvalue weighted by molar-refractivity contribution is 5.82. The van der Waals surface area contributed by atoms with E-state index in [1.165, 1.54) is 11.8 Å². The highest BCUT2D eigenvalue weighted by Gasteiger charge is 2.18. The van der Waals surface area contributed by atoms with Gasteiger partial charge in [0.2, 0.25) is 0 Å². The first-order valence-corrected chi connectivity index (χ1v) is 10.0. The summed E-state index contributed by atoms with van der Waals surface area (Å²) in [5, 5.41) is 4.44. The van der Waals surface area contributed by atoms with Crippen LogP contribution >= 0.6 is 0 Å². The molecule has 4 nitrogen and oxygen atoms in total. The van der Waals surface area contributed by atoms with Crippen molar-refractivity contribution in [2.75, 3.05) is 25.0 Å². The minimum atomic E-state index is -0.461. The molecule has 0 amide bonds. The number of fused-ring (bicyclic) bond motifs is 1. The lowest BCUT2D eigenvalue weighted by molar-refractivity contribution is 0.217. The zero-order valence-electron chi connectivity index (χ0n) is 16.0. The second-order valence-electron chi connectivity index (χ2n) is 7.56. The van der Waals surface area contributed by atoms with Crippen molar-refractivity contribution < 1.29 is 4.39 Å². The van der Waals surface area contributed by atoms with Crippen LogP contribution in [0.1, 0.15) is 25.0 Å². The monoisotopic (exact) mass is 379 g/mol. The van der Waals surface area contributed by atoms with Crippen LogP contribution in [0.4, 0.5) is 10.1 Å². The van der Waals surface area contributed by atoms with Crippen LogP contribution in [0.25, 0.3) is 10.8 Å². The minimum Gasteiger partial charge on any atom is -0.382 e. The van der Waals surface area contributed by atoms with E-state index in [1.54, 1.807) is 12.1 Å². The molecule has 1 aliphatic heterocycles. The molecular formula is C23H26FN3O. The molecule has 0 aliphatic carbocycles. The SMILES string of the molecule is O=c1[nH]c(CCCN2CCC(Nc3ccccc3)CC2)cc2cccc(F)c12. The van der Waals surface area contributed by atoms with E-state index < -0.39 is 5.82 Å². The van der Waals surface area contributed by atoms with Gasteiger partial charge in [0.15, 0.2) is 0 Å². The molecule has 2 heterocycles. The van der Waals surface area contributed by atoms with Crippen molar-refractivity contribution in [1.82, 2.24) is 9.88 Å². The summed E-state index contributed by atoms with van der Waals surface area (Å²) in [7, 11) is 0. The molecule has 0 atom stereocenters. The molecule has 2 N–H and O–H groups in total. The summed E-state index contributed by atoms with van der Waals surface area (Å²) in [4.78, 5) is 17.5. The van der Waals surface area contributed by atoms with Crippen molar-refractivity contribution in [2.45, 2.75) is 31.7 Å². The van der Waals surface area contributed by atoms with E-state index >= 15 is 0 Å². The summed E-state index contributed by atoms with van der Waals surface area (Å²) < 4.78 is 13.8. The van der Waals surface area contributed by atoms with Crippen LogP contribution in [0.3, 0.4) is 0 Å². The Morgan fingerprint density at radius 2 is 1.86 bits per heavy atom. The lowest BCUT2D eigenvalue weighted by atomic mass is 10.0. The molecule has 3 aromatic rings. The number of anilines is 1. The van der Waals surface area contributed by atoms with Gasteiger partial charge in [-0.15, -0.1) is 0 Å². The predicted molar refractivity (Wildman–Crippen MR) is 112 cm³/mol. The first-order valence-electron chi connectivity index (χ1n) is 10.0. The Balaban J connectivity index is 1.26. The summed E-state index contributed by atoms with van der Waals surface area (Å²) in [5.41, 5.74) is 1.74. The molecular weight excluding hydrogens is 353 g/mol. The van der Waals surface area contributed by atoms with Gasteiger partial charge in [-0.1, -0.05) is 30.3 Å². The first-order chi connectivity index (χ1) is 13.7. The van der Waals surface area contributed by atoms with Crippen molar-refractivity contribution in [3.05, 3.63) is 76.5 Å². The fourth-order valence-electron chi connectivity index (χ4n) is 4.03. The van der Waals surface area contributed by atoms with E-state index in [2.05, 4.69) is 39.5 Å². The lowest BCUT2D eigenvalue weighted by Gasteiger charge is -2.32. The van der Waals surface area contributed by atoms with Crippen molar-refractivity contribution in [1.29, 1.82) is 0 Å². The number of hydrogen-bond acceptors (Lipinski definition) is 3. The molecule has 1 aliphatic rings. The molecule has 0 saturated carbocycles. The molecule has 1 saturated heterocycles. The van der Waals surface area contributed by atoms with Crippen LogP contribution in [0.2, 0.25) is 0 Å². The summed E-state index contributed by atoms with van der Waals surface area (Å²) in [6.07, 6.45) is 4.05. The Bertz CT molecular complexity index is 978. The smallest absolute Gasteiger partial charge is 0.258 e. The van der Waals surface area contributed by atoms with E-state index in [9.17, 15) is 9.18 Å². The fourth-order valence-corrected chi connectivity index (χ4v) is 4.03. The number of nitrogens with zero attached hydrogens (tertiary/aromatic N) is 1. The van der Waals surface area contributed by atoms with E-state index in [0.717, 1.165) is 51.0 Å². The molecule has 1 aromatic heterocycles. The van der Waals surface area contributed by atoms with Crippen LogP contribution in [0, 0.1) is 5.82 Å². The van der Waals surface area contributed by atoms with Gasteiger partial charge < -0.3 is 15.2 Å². The molecule has 0 unspecified atom stereocenters. The number of pyridine rings is 1. The number of H-pyrrole nitrogens is 1. The number of aryl methyl sites for hydroxylation is 1. The molecule has 0 radical (unpaired) electrons. The van der Waals surface area contributed by atoms with Gasteiger partial charge in [0.05, 0.1) is 5.39 Å². The van der Waals surface area contributed by atoms with Gasteiger partial charge in [-0.3, -0.25) is 4.79 Å². The molecule has 146 valence electrons. The number of aromatic nitrogens is 1. The van der Waals surface area contributed by atoms with E-state index in [0.29, 0.717) is 11.4 Å². The Labute approximate surface area is 164 Å². The Kier molecular flexibility index (Phi) is 5.72. The van der Waals surface area contributed by atoms with Gasteiger partial charge >= 0.3 is 0 Å². The predicted octanol–water partition coefficient (Wildman–Crippen LogP) is 4.18. The molecule has 1 fully saturated rings. The molecule has 0 spiro atoms. The van der Waals surface area contributed by atoms with Gasteiger partial charge in [0, 0.05) is 30.5 Å². The minimum absolute atomic E-state index is 0.152. The van der Waals surface area contributed by atoms with Crippen LogP contribution in [-0.2, 0) is 6.42 Å². The molecule has 28 heavy (non-hydrogen) atoms. The summed E-state index contributed by atoms with van der Waals surface area (Å²) in [5.74, 6) is -0.461. The van der Waals surface area contributed by atoms with Crippen LogP contribution < -0.4 is 10.9 Å². The maximum Gasteiger partial charge on any atom is 0.258 e.